The molecule has 1 aromatic rings. The van der Waals surface area contributed by atoms with E-state index in [0.717, 1.165) is 34.5 Å². The molecule has 0 saturated heterocycles. The summed E-state index contributed by atoms with van der Waals surface area (Å²) in [7, 11) is 4.12. The van der Waals surface area contributed by atoms with E-state index >= 15 is 0 Å². The third-order valence-corrected chi connectivity index (χ3v) is 6.96. The van der Waals surface area contributed by atoms with E-state index < -0.39 is 0 Å². The fourth-order valence-electron chi connectivity index (χ4n) is 5.83. The first-order valence-corrected chi connectivity index (χ1v) is 9.41. The monoisotopic (exact) mass is 363 g/mol. The Morgan fingerprint density at radius 1 is 1.14 bits per heavy atom. The lowest BCUT2D eigenvalue weighted by Gasteiger charge is -2.60. The molecule has 4 saturated carbocycles. The quantitative estimate of drug-likeness (QED) is 0.757. The first-order chi connectivity index (χ1) is 10.6. The first kappa shape index (κ1) is 15.0. The van der Waals surface area contributed by atoms with Gasteiger partial charge in [-0.3, -0.25) is 4.90 Å². The Balaban J connectivity index is 1.57. The molecule has 2 nitrogen and oxygen atoms in total. The predicted molar refractivity (Wildman–Crippen MR) is 93.1 cm³/mol. The Hall–Kier alpha value is -0.540. The van der Waals surface area contributed by atoms with Crippen LogP contribution in [0.1, 0.15) is 44.1 Å². The average Bonchev–Trinajstić information content (AvgIpc) is 2.46. The van der Waals surface area contributed by atoms with Crippen LogP contribution >= 0.6 is 15.9 Å². The molecule has 0 N–H and O–H groups in total. The van der Waals surface area contributed by atoms with Gasteiger partial charge in [0.1, 0.15) is 5.75 Å². The van der Waals surface area contributed by atoms with E-state index in [9.17, 15) is 0 Å². The number of ether oxygens (including phenoxy) is 1. The summed E-state index contributed by atoms with van der Waals surface area (Å²) < 4.78 is 6.71. The smallest absolute Gasteiger partial charge is 0.123 e. The molecule has 3 heteroatoms. The fourth-order valence-corrected chi connectivity index (χ4v) is 6.23. The van der Waals surface area contributed by atoms with Gasteiger partial charge in [-0.15, -0.1) is 0 Å². The van der Waals surface area contributed by atoms with Gasteiger partial charge in [-0.25, -0.2) is 0 Å². The molecule has 0 amide bonds. The molecular formula is C19H26BrNO. The maximum absolute atomic E-state index is 5.57. The number of rotatable bonds is 4. The van der Waals surface area contributed by atoms with E-state index in [1.807, 2.05) is 0 Å². The molecule has 0 aromatic heterocycles. The lowest BCUT2D eigenvalue weighted by molar-refractivity contribution is -0.0823. The van der Waals surface area contributed by atoms with Crippen molar-refractivity contribution in [2.75, 3.05) is 14.2 Å². The third-order valence-electron chi connectivity index (χ3n) is 6.47. The minimum absolute atomic E-state index is 0.460. The van der Waals surface area contributed by atoms with Crippen molar-refractivity contribution >= 4 is 15.9 Å². The van der Waals surface area contributed by atoms with Crippen LogP contribution < -0.4 is 4.74 Å². The van der Waals surface area contributed by atoms with Gasteiger partial charge in [-0.05, 0) is 81.5 Å². The normalized spacial score (nSPS) is 36.1. The average molecular weight is 364 g/mol. The van der Waals surface area contributed by atoms with Crippen molar-refractivity contribution in [1.29, 1.82) is 0 Å². The summed E-state index contributed by atoms with van der Waals surface area (Å²) in [5.41, 5.74) is 1.76. The second kappa shape index (κ2) is 5.52. The number of hydrogen-bond acceptors (Lipinski definition) is 2. The van der Waals surface area contributed by atoms with Gasteiger partial charge in [0.25, 0.3) is 0 Å². The lowest BCUT2D eigenvalue weighted by atomic mass is 9.52. The van der Waals surface area contributed by atoms with Gasteiger partial charge in [0.05, 0.1) is 7.11 Å². The predicted octanol–water partition coefficient (Wildman–Crippen LogP) is 4.86. The molecular weight excluding hydrogens is 338 g/mol. The Bertz CT molecular complexity index is 535. The summed E-state index contributed by atoms with van der Waals surface area (Å²) in [6, 6.07) is 6.36. The molecule has 1 aromatic carbocycles. The van der Waals surface area contributed by atoms with Gasteiger partial charge in [0.2, 0.25) is 0 Å². The minimum atomic E-state index is 0.460. The van der Waals surface area contributed by atoms with Crippen LogP contribution in [0.15, 0.2) is 22.7 Å². The Kier molecular flexibility index (Phi) is 3.77. The van der Waals surface area contributed by atoms with Crippen LogP contribution in [0, 0.1) is 17.8 Å². The molecule has 0 unspecified atom stereocenters. The third kappa shape index (κ3) is 2.50. The van der Waals surface area contributed by atoms with Gasteiger partial charge in [-0.2, -0.15) is 0 Å². The van der Waals surface area contributed by atoms with Crippen LogP contribution in [0.4, 0.5) is 0 Å². The van der Waals surface area contributed by atoms with Crippen molar-refractivity contribution in [2.24, 2.45) is 17.8 Å². The van der Waals surface area contributed by atoms with Gasteiger partial charge < -0.3 is 4.74 Å². The maximum Gasteiger partial charge on any atom is 0.123 e. The molecule has 0 heterocycles. The molecule has 0 spiro atoms. The molecule has 22 heavy (non-hydrogen) atoms. The molecule has 4 aliphatic carbocycles. The SMILES string of the molecule is COc1ccc(Br)cc1CN(C)C12CC3CC(CC(C3)C1)C2. The second-order valence-corrected chi connectivity index (χ2v) is 8.87. The van der Waals surface area contributed by atoms with Crippen LogP contribution in [0.5, 0.6) is 5.75 Å². The van der Waals surface area contributed by atoms with Gasteiger partial charge in [0, 0.05) is 22.1 Å². The topological polar surface area (TPSA) is 12.5 Å². The van der Waals surface area contributed by atoms with Crippen LogP contribution in [-0.2, 0) is 6.54 Å². The van der Waals surface area contributed by atoms with E-state index in [1.54, 1.807) is 7.11 Å². The van der Waals surface area contributed by atoms with Crippen molar-refractivity contribution in [1.82, 2.24) is 4.90 Å². The van der Waals surface area contributed by atoms with Crippen molar-refractivity contribution in [3.05, 3.63) is 28.2 Å². The molecule has 4 fully saturated rings. The summed E-state index contributed by atoms with van der Waals surface area (Å²) in [5.74, 6) is 4.01. The van der Waals surface area contributed by atoms with Crippen molar-refractivity contribution in [3.63, 3.8) is 0 Å². The van der Waals surface area contributed by atoms with Crippen molar-refractivity contribution in [3.8, 4) is 5.75 Å². The summed E-state index contributed by atoms with van der Waals surface area (Å²) in [6.07, 6.45) is 8.79. The first-order valence-electron chi connectivity index (χ1n) is 8.61. The summed E-state index contributed by atoms with van der Waals surface area (Å²) in [5, 5.41) is 0. The van der Waals surface area contributed by atoms with E-state index in [0.29, 0.717) is 5.54 Å². The summed E-state index contributed by atoms with van der Waals surface area (Å²) >= 11 is 3.61. The standard InChI is InChI=1S/C19H26BrNO/c1-21(12-16-8-17(20)3-4-18(16)22-2)19-9-13-5-14(10-19)7-15(6-13)11-19/h3-4,8,13-15H,5-7,9-12H2,1-2H3. The molecule has 0 atom stereocenters. The van der Waals surface area contributed by atoms with Crippen LogP contribution in [0.3, 0.4) is 0 Å². The Labute approximate surface area is 142 Å². The zero-order valence-electron chi connectivity index (χ0n) is 13.6. The van der Waals surface area contributed by atoms with E-state index in [4.69, 9.17) is 4.74 Å². The molecule has 5 rings (SSSR count). The molecule has 0 aliphatic heterocycles. The molecule has 0 radical (unpaired) electrons. The highest BCUT2D eigenvalue weighted by atomic mass is 79.9. The number of nitrogens with zero attached hydrogens (tertiary/aromatic N) is 1. The van der Waals surface area contributed by atoms with Crippen molar-refractivity contribution < 1.29 is 4.74 Å². The summed E-state index contributed by atoms with van der Waals surface area (Å²) in [6.45, 7) is 0.995. The number of benzene rings is 1. The van der Waals surface area contributed by atoms with Crippen LogP contribution in [0.25, 0.3) is 0 Å². The lowest BCUT2D eigenvalue weighted by Crippen LogP contribution is -2.58. The summed E-state index contributed by atoms with van der Waals surface area (Å²) in [4.78, 5) is 2.65. The van der Waals surface area contributed by atoms with Gasteiger partial charge >= 0.3 is 0 Å². The molecule has 4 aliphatic rings. The highest BCUT2D eigenvalue weighted by Crippen LogP contribution is 2.57. The highest BCUT2D eigenvalue weighted by Gasteiger charge is 2.52. The van der Waals surface area contributed by atoms with Gasteiger partial charge in [0.15, 0.2) is 0 Å². The molecule has 4 bridgehead atoms. The van der Waals surface area contributed by atoms with E-state index in [1.165, 1.54) is 44.1 Å². The van der Waals surface area contributed by atoms with Crippen LogP contribution in [0.2, 0.25) is 0 Å². The number of hydrogen-bond donors (Lipinski definition) is 0. The zero-order valence-corrected chi connectivity index (χ0v) is 15.2. The second-order valence-electron chi connectivity index (χ2n) is 7.95. The minimum Gasteiger partial charge on any atom is -0.496 e. The molecule has 120 valence electrons. The Morgan fingerprint density at radius 3 is 2.27 bits per heavy atom. The number of methoxy groups -OCH3 is 1. The maximum atomic E-state index is 5.57. The Morgan fingerprint density at radius 2 is 1.73 bits per heavy atom. The highest BCUT2D eigenvalue weighted by molar-refractivity contribution is 9.10. The largest absolute Gasteiger partial charge is 0.496 e. The van der Waals surface area contributed by atoms with Crippen LogP contribution in [-0.4, -0.2) is 24.6 Å². The van der Waals surface area contributed by atoms with Gasteiger partial charge in [-0.1, -0.05) is 15.9 Å². The van der Waals surface area contributed by atoms with E-state index in [2.05, 4.69) is 46.1 Å². The fraction of sp³-hybridized carbons (Fsp3) is 0.684. The number of halogens is 1. The van der Waals surface area contributed by atoms with Crippen molar-refractivity contribution in [2.45, 2.75) is 50.6 Å². The van der Waals surface area contributed by atoms with E-state index in [-0.39, 0.29) is 0 Å². The zero-order chi connectivity index (χ0) is 15.3.